The van der Waals surface area contributed by atoms with Gasteiger partial charge in [0.25, 0.3) is 0 Å². The number of hydrogen-bond acceptors (Lipinski definition) is 3. The van der Waals surface area contributed by atoms with Crippen molar-refractivity contribution in [1.29, 1.82) is 0 Å². The molecule has 2 heterocycles. The van der Waals surface area contributed by atoms with Gasteiger partial charge in [-0.2, -0.15) is 0 Å². The molecule has 1 aliphatic rings. The molecule has 0 aliphatic carbocycles. The Morgan fingerprint density at radius 3 is 2.80 bits per heavy atom. The molecule has 0 spiro atoms. The molecule has 0 radical (unpaired) electrons. The van der Waals surface area contributed by atoms with Crippen LogP contribution in [-0.2, 0) is 9.59 Å². The Balaban J connectivity index is 1.67. The number of likely N-dealkylation sites (tertiary alicyclic amines) is 1. The normalized spacial score (nSPS) is 18.6. The van der Waals surface area contributed by atoms with Gasteiger partial charge in [-0.1, -0.05) is 30.3 Å². The van der Waals surface area contributed by atoms with Crippen LogP contribution in [0.15, 0.2) is 49.1 Å². The Labute approximate surface area is 147 Å². The van der Waals surface area contributed by atoms with Crippen LogP contribution < -0.4 is 5.32 Å². The number of carbonyl (C=O) groups excluding carboxylic acids is 2. The molecule has 0 bridgehead atoms. The Bertz CT molecular complexity index is 699. The lowest BCUT2D eigenvalue weighted by Crippen LogP contribution is -2.42. The van der Waals surface area contributed by atoms with Crippen molar-refractivity contribution in [2.45, 2.75) is 38.3 Å². The van der Waals surface area contributed by atoms with Gasteiger partial charge >= 0.3 is 0 Å². The molecule has 2 aromatic rings. The zero-order valence-corrected chi connectivity index (χ0v) is 14.5. The van der Waals surface area contributed by atoms with Gasteiger partial charge in [-0.3, -0.25) is 9.59 Å². The molecule has 6 heteroatoms. The first-order valence-corrected chi connectivity index (χ1v) is 8.70. The quantitative estimate of drug-likeness (QED) is 0.908. The van der Waals surface area contributed by atoms with Crippen molar-refractivity contribution in [1.82, 2.24) is 19.8 Å². The zero-order valence-electron chi connectivity index (χ0n) is 14.5. The number of piperidine rings is 1. The van der Waals surface area contributed by atoms with Crippen LogP contribution in [-0.4, -0.2) is 39.4 Å². The number of amides is 2. The van der Waals surface area contributed by atoms with Gasteiger partial charge in [0.15, 0.2) is 0 Å². The Hall–Kier alpha value is -2.63. The molecule has 1 aromatic carbocycles. The molecule has 2 atom stereocenters. The molecule has 1 N–H and O–H groups in total. The van der Waals surface area contributed by atoms with Crippen LogP contribution in [0.25, 0.3) is 0 Å². The third-order valence-electron chi connectivity index (χ3n) is 4.65. The molecule has 1 aliphatic heterocycles. The summed E-state index contributed by atoms with van der Waals surface area (Å²) in [7, 11) is 0. The number of hydrogen-bond donors (Lipinski definition) is 1. The highest BCUT2D eigenvalue weighted by Gasteiger charge is 2.27. The van der Waals surface area contributed by atoms with Gasteiger partial charge in [0.1, 0.15) is 0 Å². The third kappa shape index (κ3) is 4.47. The van der Waals surface area contributed by atoms with Crippen LogP contribution in [0.5, 0.6) is 0 Å². The minimum atomic E-state index is -0.292. The molecule has 1 aromatic heterocycles. The number of carbonyl (C=O) groups is 2. The highest BCUT2D eigenvalue weighted by atomic mass is 16.2. The summed E-state index contributed by atoms with van der Waals surface area (Å²) in [5.41, 5.74) is 0.953. The minimum absolute atomic E-state index is 0.0763. The van der Waals surface area contributed by atoms with Crippen LogP contribution in [0.1, 0.15) is 43.8 Å². The topological polar surface area (TPSA) is 67.2 Å². The fourth-order valence-corrected chi connectivity index (χ4v) is 3.40. The van der Waals surface area contributed by atoms with Crippen molar-refractivity contribution < 1.29 is 9.59 Å². The number of aromatic nitrogens is 2. The summed E-state index contributed by atoms with van der Waals surface area (Å²) >= 11 is 0. The average Bonchev–Trinajstić information content (AvgIpc) is 3.16. The number of imidazole rings is 1. The molecule has 132 valence electrons. The number of nitrogens with one attached hydrogen (secondary N) is 1. The maximum Gasteiger partial charge on any atom is 0.225 e. The molecule has 2 unspecified atom stereocenters. The molecule has 3 rings (SSSR count). The third-order valence-corrected chi connectivity index (χ3v) is 4.65. The minimum Gasteiger partial charge on any atom is -0.349 e. The standard InChI is InChI=1S/C19H24N4O2/c1-15(24)21-18(16-6-3-2-4-7-16)12-19(25)22-10-5-8-17(13-22)23-11-9-20-14-23/h2-4,6-7,9,11,14,17-18H,5,8,10,12-13H2,1H3,(H,21,24). The average molecular weight is 340 g/mol. The van der Waals surface area contributed by atoms with Gasteiger partial charge in [0, 0.05) is 32.4 Å². The second-order valence-corrected chi connectivity index (χ2v) is 6.51. The maximum absolute atomic E-state index is 12.8. The van der Waals surface area contributed by atoms with E-state index in [2.05, 4.69) is 14.9 Å². The van der Waals surface area contributed by atoms with E-state index in [4.69, 9.17) is 0 Å². The van der Waals surface area contributed by atoms with Gasteiger partial charge in [-0.25, -0.2) is 4.98 Å². The first kappa shape index (κ1) is 17.2. The van der Waals surface area contributed by atoms with Crippen LogP contribution in [0.4, 0.5) is 0 Å². The predicted molar refractivity (Wildman–Crippen MR) is 94.7 cm³/mol. The van der Waals surface area contributed by atoms with Gasteiger partial charge in [0.2, 0.25) is 11.8 Å². The molecular formula is C19H24N4O2. The summed E-state index contributed by atoms with van der Waals surface area (Å²) in [6.45, 7) is 2.94. The molecule has 2 amide bonds. The summed E-state index contributed by atoms with van der Waals surface area (Å²) in [5.74, 6) is -0.0518. The van der Waals surface area contributed by atoms with Crippen molar-refractivity contribution in [3.8, 4) is 0 Å². The molecular weight excluding hydrogens is 316 g/mol. The van der Waals surface area contributed by atoms with Crippen LogP contribution >= 0.6 is 0 Å². The van der Waals surface area contributed by atoms with Crippen LogP contribution in [0, 0.1) is 0 Å². The maximum atomic E-state index is 12.8. The Kier molecular flexibility index (Phi) is 5.48. The zero-order chi connectivity index (χ0) is 17.6. The van der Waals surface area contributed by atoms with Gasteiger partial charge < -0.3 is 14.8 Å². The summed E-state index contributed by atoms with van der Waals surface area (Å²) in [6, 6.07) is 9.64. The van der Waals surface area contributed by atoms with Gasteiger partial charge in [-0.05, 0) is 18.4 Å². The highest BCUT2D eigenvalue weighted by molar-refractivity contribution is 5.79. The van der Waals surface area contributed by atoms with E-state index in [9.17, 15) is 9.59 Å². The van der Waals surface area contributed by atoms with Crippen molar-refractivity contribution in [2.75, 3.05) is 13.1 Å². The fraction of sp³-hybridized carbons (Fsp3) is 0.421. The van der Waals surface area contributed by atoms with E-state index in [-0.39, 0.29) is 30.3 Å². The first-order valence-electron chi connectivity index (χ1n) is 8.70. The molecule has 1 saturated heterocycles. The van der Waals surface area contributed by atoms with Crippen LogP contribution in [0.3, 0.4) is 0 Å². The predicted octanol–water partition coefficient (Wildman–Crippen LogP) is 2.31. The first-order chi connectivity index (χ1) is 12.1. The van der Waals surface area contributed by atoms with Gasteiger partial charge in [-0.15, -0.1) is 0 Å². The molecule has 25 heavy (non-hydrogen) atoms. The number of rotatable bonds is 5. The fourth-order valence-electron chi connectivity index (χ4n) is 3.40. The van der Waals surface area contributed by atoms with Crippen molar-refractivity contribution in [3.63, 3.8) is 0 Å². The second kappa shape index (κ2) is 7.96. The van der Waals surface area contributed by atoms with Crippen molar-refractivity contribution >= 4 is 11.8 Å². The molecule has 0 saturated carbocycles. The second-order valence-electron chi connectivity index (χ2n) is 6.51. The largest absolute Gasteiger partial charge is 0.349 e. The molecule has 1 fully saturated rings. The van der Waals surface area contributed by atoms with Crippen molar-refractivity contribution in [2.24, 2.45) is 0 Å². The lowest BCUT2D eigenvalue weighted by molar-refractivity contribution is -0.133. The lowest BCUT2D eigenvalue weighted by Gasteiger charge is -2.34. The van der Waals surface area contributed by atoms with E-state index in [0.29, 0.717) is 6.54 Å². The van der Waals surface area contributed by atoms with Crippen molar-refractivity contribution in [3.05, 3.63) is 54.6 Å². The van der Waals surface area contributed by atoms with E-state index >= 15 is 0 Å². The monoisotopic (exact) mass is 340 g/mol. The van der Waals surface area contributed by atoms with E-state index in [1.54, 1.807) is 6.20 Å². The SMILES string of the molecule is CC(=O)NC(CC(=O)N1CCCC(n2ccnc2)C1)c1ccccc1. The lowest BCUT2D eigenvalue weighted by atomic mass is 10.0. The van der Waals surface area contributed by atoms with Gasteiger partial charge in [0.05, 0.1) is 24.8 Å². The number of nitrogens with zero attached hydrogens (tertiary/aromatic N) is 3. The summed E-state index contributed by atoms with van der Waals surface area (Å²) in [6.07, 6.45) is 7.83. The summed E-state index contributed by atoms with van der Waals surface area (Å²) < 4.78 is 2.07. The summed E-state index contributed by atoms with van der Waals surface area (Å²) in [5, 5.41) is 2.90. The Morgan fingerprint density at radius 2 is 2.12 bits per heavy atom. The van der Waals surface area contributed by atoms with E-state index in [1.807, 2.05) is 47.8 Å². The van der Waals surface area contributed by atoms with E-state index in [0.717, 1.165) is 24.9 Å². The highest BCUT2D eigenvalue weighted by Crippen LogP contribution is 2.24. The number of benzene rings is 1. The van der Waals surface area contributed by atoms with E-state index < -0.39 is 0 Å². The molecule has 6 nitrogen and oxygen atoms in total. The summed E-state index contributed by atoms with van der Waals surface area (Å²) in [4.78, 5) is 30.4. The van der Waals surface area contributed by atoms with E-state index in [1.165, 1.54) is 6.92 Å². The smallest absolute Gasteiger partial charge is 0.225 e. The van der Waals surface area contributed by atoms with Crippen LogP contribution in [0.2, 0.25) is 0 Å². The Morgan fingerprint density at radius 1 is 1.32 bits per heavy atom.